The Kier molecular flexibility index (Phi) is 4.54. The lowest BCUT2D eigenvalue weighted by Crippen LogP contribution is -2.28. The summed E-state index contributed by atoms with van der Waals surface area (Å²) in [7, 11) is 0. The van der Waals surface area contributed by atoms with Crippen LogP contribution in [0.25, 0.3) is 0 Å². The van der Waals surface area contributed by atoms with Gasteiger partial charge < -0.3 is 26.0 Å². The van der Waals surface area contributed by atoms with E-state index in [1.54, 1.807) is 0 Å². The van der Waals surface area contributed by atoms with Crippen LogP contribution in [0.15, 0.2) is 40.9 Å². The van der Waals surface area contributed by atoms with Crippen LogP contribution in [0.2, 0.25) is 0 Å². The molecule has 2 aromatic rings. The fourth-order valence-electron chi connectivity index (χ4n) is 1.67. The molecule has 0 heterocycles. The number of rotatable bonds is 3. The molecule has 2 amide bonds. The van der Waals surface area contributed by atoms with Gasteiger partial charge in [-0.2, -0.15) is 0 Å². The zero-order valence-corrected chi connectivity index (χ0v) is 12.4. The van der Waals surface area contributed by atoms with E-state index in [0.717, 1.165) is 22.2 Å². The molecule has 0 unspecified atom stereocenters. The molecule has 0 bridgehead atoms. The van der Waals surface area contributed by atoms with Crippen LogP contribution in [0.1, 0.15) is 5.56 Å². The highest BCUT2D eigenvalue weighted by Crippen LogP contribution is 2.37. The van der Waals surface area contributed by atoms with Crippen LogP contribution in [0.4, 0.5) is 10.5 Å². The minimum absolute atomic E-state index is 0.160. The second-order valence-corrected chi connectivity index (χ2v) is 5.12. The maximum atomic E-state index is 11.7. The van der Waals surface area contributed by atoms with Crippen molar-refractivity contribution in [2.24, 2.45) is 0 Å². The number of phenolic OH excluding ortho intramolecular Hbond substituents is 3. The number of aromatic hydroxyl groups is 3. The molecular formula is C14H13BrN2O4. The third kappa shape index (κ3) is 3.79. The normalized spacial score (nSPS) is 10.1. The standard InChI is InChI=1S/C14H13BrN2O4/c15-10-4-2-1-3-8(10)7-16-14(21)17-9-5-11(18)13(20)12(19)6-9/h1-6,18-20H,7H2,(H2,16,17,21). The van der Waals surface area contributed by atoms with Crippen molar-refractivity contribution in [3.05, 3.63) is 46.4 Å². The number of amides is 2. The van der Waals surface area contributed by atoms with E-state index in [1.807, 2.05) is 24.3 Å². The molecule has 0 atom stereocenters. The highest BCUT2D eigenvalue weighted by Gasteiger charge is 2.10. The summed E-state index contributed by atoms with van der Waals surface area (Å²) in [6.45, 7) is 0.309. The number of benzene rings is 2. The highest BCUT2D eigenvalue weighted by molar-refractivity contribution is 9.10. The topological polar surface area (TPSA) is 102 Å². The van der Waals surface area contributed by atoms with Crippen LogP contribution >= 0.6 is 15.9 Å². The Hall–Kier alpha value is -2.41. The number of hydrogen-bond donors (Lipinski definition) is 5. The van der Waals surface area contributed by atoms with Crippen molar-refractivity contribution in [3.63, 3.8) is 0 Å². The van der Waals surface area contributed by atoms with Gasteiger partial charge in [0.2, 0.25) is 0 Å². The number of carbonyl (C=O) groups excluding carboxylic acids is 1. The number of anilines is 1. The van der Waals surface area contributed by atoms with Crippen molar-refractivity contribution >= 4 is 27.6 Å². The third-order valence-electron chi connectivity index (χ3n) is 2.72. The van der Waals surface area contributed by atoms with Crippen molar-refractivity contribution in [3.8, 4) is 17.2 Å². The van der Waals surface area contributed by atoms with Crippen molar-refractivity contribution in [1.29, 1.82) is 0 Å². The Balaban J connectivity index is 1.98. The van der Waals surface area contributed by atoms with Crippen molar-refractivity contribution in [2.45, 2.75) is 6.54 Å². The number of halogens is 1. The van der Waals surface area contributed by atoms with Gasteiger partial charge in [-0.15, -0.1) is 0 Å². The summed E-state index contributed by atoms with van der Waals surface area (Å²) in [6, 6.07) is 9.22. The predicted molar refractivity (Wildman–Crippen MR) is 81.4 cm³/mol. The van der Waals surface area contributed by atoms with Gasteiger partial charge in [0.1, 0.15) is 0 Å². The van der Waals surface area contributed by atoms with Crippen molar-refractivity contribution < 1.29 is 20.1 Å². The number of urea groups is 1. The Morgan fingerprint density at radius 2 is 1.71 bits per heavy atom. The summed E-state index contributed by atoms with van der Waals surface area (Å²) in [5.74, 6) is -1.67. The van der Waals surface area contributed by atoms with Gasteiger partial charge in [0, 0.05) is 23.2 Å². The summed E-state index contributed by atoms with van der Waals surface area (Å²) >= 11 is 3.37. The van der Waals surface area contributed by atoms with Crippen LogP contribution in [0.5, 0.6) is 17.2 Å². The minimum atomic E-state index is -0.630. The smallest absolute Gasteiger partial charge is 0.319 e. The van der Waals surface area contributed by atoms with Crippen LogP contribution in [0, 0.1) is 0 Å². The maximum Gasteiger partial charge on any atom is 0.319 e. The number of carbonyl (C=O) groups is 1. The SMILES string of the molecule is O=C(NCc1ccccc1Br)Nc1cc(O)c(O)c(O)c1. The molecular weight excluding hydrogens is 340 g/mol. The molecule has 0 aliphatic rings. The van der Waals surface area contributed by atoms with E-state index in [1.165, 1.54) is 0 Å². The first-order valence-corrected chi connectivity index (χ1v) is 6.80. The van der Waals surface area contributed by atoms with Gasteiger partial charge in [-0.05, 0) is 11.6 Å². The lowest BCUT2D eigenvalue weighted by molar-refractivity contribution is 0.251. The molecule has 110 valence electrons. The van der Waals surface area contributed by atoms with Crippen LogP contribution in [-0.4, -0.2) is 21.4 Å². The van der Waals surface area contributed by atoms with Crippen LogP contribution in [0.3, 0.4) is 0 Å². The molecule has 0 spiro atoms. The van der Waals surface area contributed by atoms with E-state index in [4.69, 9.17) is 0 Å². The van der Waals surface area contributed by atoms with E-state index < -0.39 is 23.3 Å². The monoisotopic (exact) mass is 352 g/mol. The maximum absolute atomic E-state index is 11.7. The van der Waals surface area contributed by atoms with Gasteiger partial charge in [0.15, 0.2) is 17.2 Å². The fourth-order valence-corrected chi connectivity index (χ4v) is 2.09. The molecule has 2 rings (SSSR count). The van der Waals surface area contributed by atoms with Gasteiger partial charge >= 0.3 is 6.03 Å². The number of phenols is 3. The van der Waals surface area contributed by atoms with E-state index in [2.05, 4.69) is 26.6 Å². The third-order valence-corrected chi connectivity index (χ3v) is 3.50. The quantitative estimate of drug-likeness (QED) is 0.433. The first kappa shape index (κ1) is 15.0. The minimum Gasteiger partial charge on any atom is -0.504 e. The molecule has 5 N–H and O–H groups in total. The van der Waals surface area contributed by atoms with E-state index in [-0.39, 0.29) is 5.69 Å². The number of hydrogen-bond acceptors (Lipinski definition) is 4. The predicted octanol–water partition coefficient (Wildman–Crippen LogP) is 2.89. The summed E-state index contributed by atoms with van der Waals surface area (Å²) in [6.07, 6.45) is 0. The first-order valence-electron chi connectivity index (χ1n) is 6.00. The molecule has 0 aliphatic heterocycles. The molecule has 2 aromatic carbocycles. The molecule has 0 radical (unpaired) electrons. The van der Waals surface area contributed by atoms with Crippen molar-refractivity contribution in [2.75, 3.05) is 5.32 Å². The first-order chi connectivity index (χ1) is 9.97. The van der Waals surface area contributed by atoms with Gasteiger partial charge in [-0.25, -0.2) is 4.79 Å². The van der Waals surface area contributed by atoms with Crippen LogP contribution in [-0.2, 0) is 6.54 Å². The molecule has 0 aromatic heterocycles. The second-order valence-electron chi connectivity index (χ2n) is 4.26. The van der Waals surface area contributed by atoms with Gasteiger partial charge in [0.05, 0.1) is 5.69 Å². The summed E-state index contributed by atoms with van der Waals surface area (Å²) in [5.41, 5.74) is 1.07. The Labute approximate surface area is 129 Å². The Morgan fingerprint density at radius 3 is 2.33 bits per heavy atom. The average Bonchev–Trinajstić information content (AvgIpc) is 2.44. The summed E-state index contributed by atoms with van der Waals surface area (Å²) in [4.78, 5) is 11.7. The zero-order valence-electron chi connectivity index (χ0n) is 10.8. The van der Waals surface area contributed by atoms with Gasteiger partial charge in [-0.1, -0.05) is 34.1 Å². The summed E-state index contributed by atoms with van der Waals surface area (Å²) < 4.78 is 0.880. The largest absolute Gasteiger partial charge is 0.504 e. The van der Waals surface area contributed by atoms with Crippen LogP contribution < -0.4 is 10.6 Å². The van der Waals surface area contributed by atoms with E-state index >= 15 is 0 Å². The van der Waals surface area contributed by atoms with E-state index in [0.29, 0.717) is 6.54 Å². The van der Waals surface area contributed by atoms with Gasteiger partial charge in [-0.3, -0.25) is 0 Å². The summed E-state index contributed by atoms with van der Waals surface area (Å²) in [5, 5.41) is 33.0. The average molecular weight is 353 g/mol. The Bertz CT molecular complexity index is 653. The molecule has 0 aliphatic carbocycles. The lowest BCUT2D eigenvalue weighted by Gasteiger charge is -2.10. The van der Waals surface area contributed by atoms with Crippen molar-refractivity contribution in [1.82, 2.24) is 5.32 Å². The fraction of sp³-hybridized carbons (Fsp3) is 0.0714. The highest BCUT2D eigenvalue weighted by atomic mass is 79.9. The molecule has 6 nitrogen and oxygen atoms in total. The molecule has 0 saturated carbocycles. The molecule has 7 heteroatoms. The Morgan fingerprint density at radius 1 is 1.10 bits per heavy atom. The second kappa shape index (κ2) is 6.36. The molecule has 0 saturated heterocycles. The lowest BCUT2D eigenvalue weighted by atomic mass is 10.2. The zero-order chi connectivity index (χ0) is 15.4. The molecule has 21 heavy (non-hydrogen) atoms. The van der Waals surface area contributed by atoms with E-state index in [9.17, 15) is 20.1 Å². The van der Waals surface area contributed by atoms with Gasteiger partial charge in [0.25, 0.3) is 0 Å². The number of nitrogens with one attached hydrogen (secondary N) is 2. The molecule has 0 fully saturated rings.